The average molecular weight is 554 g/mol. The van der Waals surface area contributed by atoms with Crippen molar-refractivity contribution in [3.63, 3.8) is 0 Å². The molecule has 0 aromatic carbocycles. The van der Waals surface area contributed by atoms with Crippen molar-refractivity contribution in [2.45, 2.75) is 63.3 Å². The lowest BCUT2D eigenvalue weighted by molar-refractivity contribution is -0.202. The van der Waals surface area contributed by atoms with Crippen molar-refractivity contribution >= 4 is 11.6 Å². The quantitative estimate of drug-likeness (QED) is 0.466. The SMILES string of the molecule is N#CC1(COc2cncc(-c3cc(CC4CCC(NC[C@@H](O)C(F)(F)F)CC4)ncc3Cl)n2)CCOCC1. The van der Waals surface area contributed by atoms with Gasteiger partial charge in [-0.15, -0.1) is 0 Å². The molecule has 38 heavy (non-hydrogen) atoms. The van der Waals surface area contributed by atoms with Gasteiger partial charge in [-0.1, -0.05) is 11.6 Å². The summed E-state index contributed by atoms with van der Waals surface area (Å²) in [5.41, 5.74) is 1.44. The number of nitriles is 1. The first kappa shape index (κ1) is 28.5. The molecule has 0 unspecified atom stereocenters. The maximum Gasteiger partial charge on any atom is 0.415 e. The zero-order chi connectivity index (χ0) is 27.2. The van der Waals surface area contributed by atoms with Gasteiger partial charge in [0.15, 0.2) is 6.10 Å². The second kappa shape index (κ2) is 12.6. The normalized spacial score (nSPS) is 22.4. The number of pyridine rings is 1. The fourth-order valence-electron chi connectivity index (χ4n) is 4.86. The third-order valence-electron chi connectivity index (χ3n) is 7.31. The van der Waals surface area contributed by atoms with Crippen molar-refractivity contribution in [1.29, 1.82) is 5.26 Å². The van der Waals surface area contributed by atoms with Crippen molar-refractivity contribution < 1.29 is 27.8 Å². The largest absolute Gasteiger partial charge is 0.475 e. The molecule has 1 aliphatic heterocycles. The first-order valence-electron chi connectivity index (χ1n) is 12.7. The fraction of sp³-hybridized carbons (Fsp3) is 0.615. The highest BCUT2D eigenvalue weighted by Gasteiger charge is 2.38. The molecule has 1 saturated heterocycles. The molecule has 1 atom stereocenters. The molecule has 2 aromatic heterocycles. The van der Waals surface area contributed by atoms with Crippen LogP contribution >= 0.6 is 11.6 Å². The number of nitrogens with one attached hydrogen (secondary N) is 1. The van der Waals surface area contributed by atoms with E-state index < -0.39 is 24.2 Å². The highest BCUT2D eigenvalue weighted by atomic mass is 35.5. The molecular formula is C26H31ClF3N5O3. The predicted molar refractivity (Wildman–Crippen MR) is 133 cm³/mol. The summed E-state index contributed by atoms with van der Waals surface area (Å²) < 4.78 is 48.8. The van der Waals surface area contributed by atoms with E-state index in [-0.39, 0.29) is 12.6 Å². The van der Waals surface area contributed by atoms with Gasteiger partial charge < -0.3 is 19.9 Å². The molecule has 0 bridgehead atoms. The Morgan fingerprint density at radius 3 is 2.63 bits per heavy atom. The van der Waals surface area contributed by atoms with Crippen LogP contribution in [0.4, 0.5) is 13.2 Å². The third kappa shape index (κ3) is 7.53. The number of ether oxygens (including phenoxy) is 2. The molecule has 1 aliphatic carbocycles. The second-order valence-corrected chi connectivity index (χ2v) is 10.5. The summed E-state index contributed by atoms with van der Waals surface area (Å²) in [5.74, 6) is 0.643. The van der Waals surface area contributed by atoms with Gasteiger partial charge in [0.05, 0.1) is 34.6 Å². The van der Waals surface area contributed by atoms with E-state index in [0.717, 1.165) is 31.4 Å². The number of hydrogen-bond acceptors (Lipinski definition) is 8. The number of aromatic nitrogens is 3. The smallest absolute Gasteiger partial charge is 0.415 e. The van der Waals surface area contributed by atoms with Gasteiger partial charge in [-0.2, -0.15) is 18.4 Å². The van der Waals surface area contributed by atoms with E-state index in [1.54, 1.807) is 12.4 Å². The predicted octanol–water partition coefficient (Wildman–Crippen LogP) is 4.51. The highest BCUT2D eigenvalue weighted by Crippen LogP contribution is 2.33. The van der Waals surface area contributed by atoms with Gasteiger partial charge in [0.2, 0.25) is 5.88 Å². The van der Waals surface area contributed by atoms with Crippen molar-refractivity contribution in [3.05, 3.63) is 35.4 Å². The standard InChI is InChI=1S/C26H31ClF3N5O3/c27-21-11-33-19(9-17-1-3-18(4-2-17)34-13-23(36)26(28,29)30)10-20(21)22-12-32-14-24(35-22)38-16-25(15-31)5-7-37-8-6-25/h10-12,14,17-18,23,34,36H,1-9,13,16H2/t17?,18?,23-/m1/s1. The Morgan fingerprint density at radius 1 is 1.21 bits per heavy atom. The van der Waals surface area contributed by atoms with Crippen LogP contribution in [0.3, 0.4) is 0 Å². The Bertz CT molecular complexity index is 1120. The van der Waals surface area contributed by atoms with Gasteiger partial charge >= 0.3 is 6.18 Å². The van der Waals surface area contributed by atoms with Crippen LogP contribution in [0, 0.1) is 22.7 Å². The Labute approximate surface area is 224 Å². The summed E-state index contributed by atoms with van der Waals surface area (Å²) >= 11 is 6.44. The Kier molecular flexibility index (Phi) is 9.41. The van der Waals surface area contributed by atoms with Crippen LogP contribution in [0.15, 0.2) is 24.7 Å². The zero-order valence-electron chi connectivity index (χ0n) is 20.9. The molecule has 4 rings (SSSR count). The Hall–Kier alpha value is -2.52. The maximum atomic E-state index is 12.5. The Balaban J connectivity index is 1.34. The molecule has 0 spiro atoms. The van der Waals surface area contributed by atoms with E-state index in [2.05, 4.69) is 26.3 Å². The summed E-state index contributed by atoms with van der Waals surface area (Å²) in [6.45, 7) is 0.762. The van der Waals surface area contributed by atoms with Crippen LogP contribution in [-0.2, 0) is 11.2 Å². The minimum absolute atomic E-state index is 0.0451. The maximum absolute atomic E-state index is 12.5. The summed E-state index contributed by atoms with van der Waals surface area (Å²) in [4.78, 5) is 13.3. The minimum Gasteiger partial charge on any atom is -0.475 e. The second-order valence-electron chi connectivity index (χ2n) is 10.1. The molecule has 2 aliphatic rings. The first-order chi connectivity index (χ1) is 18.2. The minimum atomic E-state index is -4.61. The zero-order valence-corrected chi connectivity index (χ0v) is 21.6. The number of aliphatic hydroxyl groups excluding tert-OH is 1. The average Bonchev–Trinajstić information content (AvgIpc) is 2.92. The van der Waals surface area contributed by atoms with E-state index >= 15 is 0 Å². The van der Waals surface area contributed by atoms with Gasteiger partial charge in [0.25, 0.3) is 0 Å². The lowest BCUT2D eigenvalue weighted by Gasteiger charge is -2.30. The molecule has 206 valence electrons. The van der Waals surface area contributed by atoms with Crippen LogP contribution in [0.5, 0.6) is 5.88 Å². The summed E-state index contributed by atoms with van der Waals surface area (Å²) in [6, 6.07) is 4.21. The number of hydrogen-bond donors (Lipinski definition) is 2. The molecule has 2 aromatic rings. The lowest BCUT2D eigenvalue weighted by atomic mass is 9.83. The number of aliphatic hydroxyl groups is 1. The topological polar surface area (TPSA) is 113 Å². The number of halogens is 4. The van der Waals surface area contributed by atoms with Gasteiger partial charge in [-0.05, 0) is 56.9 Å². The van der Waals surface area contributed by atoms with Gasteiger partial charge in [0, 0.05) is 43.3 Å². The molecule has 2 N–H and O–H groups in total. The molecule has 1 saturated carbocycles. The molecular weight excluding hydrogens is 523 g/mol. The monoisotopic (exact) mass is 553 g/mol. The van der Waals surface area contributed by atoms with E-state index in [4.69, 9.17) is 21.1 Å². The third-order valence-corrected chi connectivity index (χ3v) is 7.61. The van der Waals surface area contributed by atoms with Crippen molar-refractivity contribution in [1.82, 2.24) is 20.3 Å². The van der Waals surface area contributed by atoms with Crippen LogP contribution in [0.1, 0.15) is 44.2 Å². The molecule has 0 radical (unpaired) electrons. The van der Waals surface area contributed by atoms with Gasteiger partial charge in [-0.25, -0.2) is 4.98 Å². The molecule has 2 fully saturated rings. The van der Waals surface area contributed by atoms with Crippen molar-refractivity contribution in [2.24, 2.45) is 11.3 Å². The van der Waals surface area contributed by atoms with Crippen LogP contribution in [0.2, 0.25) is 5.02 Å². The molecule has 0 amide bonds. The van der Waals surface area contributed by atoms with E-state index in [9.17, 15) is 23.5 Å². The number of nitrogens with zero attached hydrogens (tertiary/aromatic N) is 4. The molecule has 8 nitrogen and oxygen atoms in total. The number of alkyl halides is 3. The van der Waals surface area contributed by atoms with Crippen molar-refractivity contribution in [2.75, 3.05) is 26.4 Å². The molecule has 12 heteroatoms. The van der Waals surface area contributed by atoms with Crippen LogP contribution < -0.4 is 10.1 Å². The molecule has 3 heterocycles. The van der Waals surface area contributed by atoms with E-state index in [1.165, 1.54) is 6.20 Å². The van der Waals surface area contributed by atoms with E-state index in [0.29, 0.717) is 60.6 Å². The fourth-order valence-corrected chi connectivity index (χ4v) is 5.06. The summed E-state index contributed by atoms with van der Waals surface area (Å²) in [6.07, 6.45) is 2.78. The number of rotatable bonds is 9. The van der Waals surface area contributed by atoms with E-state index in [1.807, 2.05) is 6.07 Å². The van der Waals surface area contributed by atoms with Gasteiger partial charge in [-0.3, -0.25) is 9.97 Å². The van der Waals surface area contributed by atoms with Crippen molar-refractivity contribution in [3.8, 4) is 23.2 Å². The van der Waals surface area contributed by atoms with Crippen LogP contribution in [-0.4, -0.2) is 64.7 Å². The summed E-state index contributed by atoms with van der Waals surface area (Å²) in [7, 11) is 0. The highest BCUT2D eigenvalue weighted by molar-refractivity contribution is 6.33. The Morgan fingerprint density at radius 2 is 1.95 bits per heavy atom. The van der Waals surface area contributed by atoms with Gasteiger partial charge in [0.1, 0.15) is 6.61 Å². The summed E-state index contributed by atoms with van der Waals surface area (Å²) in [5, 5.41) is 22.1. The first-order valence-corrected chi connectivity index (χ1v) is 13.1. The van der Waals surface area contributed by atoms with Crippen LogP contribution in [0.25, 0.3) is 11.3 Å². The lowest BCUT2D eigenvalue weighted by Crippen LogP contribution is -2.43.